The van der Waals surface area contributed by atoms with Crippen molar-refractivity contribution in [3.8, 4) is 11.5 Å². The maximum Gasteiger partial charge on any atom is 0.130 e. The van der Waals surface area contributed by atoms with Gasteiger partial charge in [0.15, 0.2) is 0 Å². The SMILES string of the molecule is CNCc1ccc(Oc2cccc(F)c2)c(C)c1. The van der Waals surface area contributed by atoms with E-state index in [2.05, 4.69) is 11.4 Å². The highest BCUT2D eigenvalue weighted by atomic mass is 19.1. The van der Waals surface area contributed by atoms with E-state index in [0.717, 1.165) is 17.9 Å². The van der Waals surface area contributed by atoms with Gasteiger partial charge < -0.3 is 10.1 Å². The molecule has 0 aliphatic heterocycles. The van der Waals surface area contributed by atoms with E-state index in [4.69, 9.17) is 4.74 Å². The average Bonchev–Trinajstić information content (AvgIpc) is 2.33. The minimum absolute atomic E-state index is 0.294. The monoisotopic (exact) mass is 245 g/mol. The summed E-state index contributed by atoms with van der Waals surface area (Å²) in [6.45, 7) is 2.80. The molecule has 0 saturated carbocycles. The molecule has 0 saturated heterocycles. The molecule has 0 fully saturated rings. The quantitative estimate of drug-likeness (QED) is 0.887. The first-order chi connectivity index (χ1) is 8.69. The summed E-state index contributed by atoms with van der Waals surface area (Å²) in [6, 6.07) is 12.1. The molecule has 0 radical (unpaired) electrons. The molecule has 1 N–H and O–H groups in total. The summed E-state index contributed by atoms with van der Waals surface area (Å²) in [5, 5.41) is 3.10. The van der Waals surface area contributed by atoms with Crippen LogP contribution in [0.4, 0.5) is 4.39 Å². The van der Waals surface area contributed by atoms with Crippen molar-refractivity contribution < 1.29 is 9.13 Å². The summed E-state index contributed by atoms with van der Waals surface area (Å²) in [7, 11) is 1.91. The lowest BCUT2D eigenvalue weighted by Crippen LogP contribution is -2.05. The van der Waals surface area contributed by atoms with Gasteiger partial charge in [0.1, 0.15) is 17.3 Å². The number of nitrogens with one attached hydrogen (secondary N) is 1. The Balaban J connectivity index is 2.19. The maximum absolute atomic E-state index is 13.0. The molecular weight excluding hydrogens is 229 g/mol. The molecule has 2 rings (SSSR count). The molecule has 0 unspecified atom stereocenters. The van der Waals surface area contributed by atoms with E-state index in [9.17, 15) is 4.39 Å². The van der Waals surface area contributed by atoms with Crippen LogP contribution < -0.4 is 10.1 Å². The number of hydrogen-bond acceptors (Lipinski definition) is 2. The van der Waals surface area contributed by atoms with Crippen molar-refractivity contribution in [1.82, 2.24) is 5.32 Å². The van der Waals surface area contributed by atoms with Gasteiger partial charge in [-0.15, -0.1) is 0 Å². The van der Waals surface area contributed by atoms with Gasteiger partial charge in [0.25, 0.3) is 0 Å². The first kappa shape index (κ1) is 12.6. The van der Waals surface area contributed by atoms with Gasteiger partial charge >= 0.3 is 0 Å². The standard InChI is InChI=1S/C15H16FNO/c1-11-8-12(10-17-2)6-7-15(11)18-14-5-3-4-13(16)9-14/h3-9,17H,10H2,1-2H3. The molecule has 2 aromatic rings. The van der Waals surface area contributed by atoms with E-state index in [1.54, 1.807) is 12.1 Å². The Morgan fingerprint density at radius 2 is 2.00 bits per heavy atom. The summed E-state index contributed by atoms with van der Waals surface area (Å²) in [5.74, 6) is 0.969. The van der Waals surface area contributed by atoms with Crippen LogP contribution in [0, 0.1) is 12.7 Å². The summed E-state index contributed by atoms with van der Waals surface area (Å²) in [5.41, 5.74) is 2.23. The fourth-order valence-electron chi connectivity index (χ4n) is 1.80. The molecule has 0 atom stereocenters. The second-order valence-electron chi connectivity index (χ2n) is 4.19. The van der Waals surface area contributed by atoms with E-state index in [1.165, 1.54) is 17.7 Å². The molecule has 18 heavy (non-hydrogen) atoms. The normalized spacial score (nSPS) is 10.4. The zero-order valence-corrected chi connectivity index (χ0v) is 10.5. The molecule has 0 aromatic heterocycles. The number of benzene rings is 2. The van der Waals surface area contributed by atoms with Crippen molar-refractivity contribution in [2.75, 3.05) is 7.05 Å². The summed E-state index contributed by atoms with van der Waals surface area (Å²) in [6.07, 6.45) is 0. The fourth-order valence-corrected chi connectivity index (χ4v) is 1.80. The van der Waals surface area contributed by atoms with Crippen LogP contribution in [0.3, 0.4) is 0 Å². The number of aryl methyl sites for hydroxylation is 1. The summed E-state index contributed by atoms with van der Waals surface area (Å²) < 4.78 is 18.7. The van der Waals surface area contributed by atoms with Gasteiger partial charge in [-0.25, -0.2) is 4.39 Å². The van der Waals surface area contributed by atoms with Crippen LogP contribution in [0.1, 0.15) is 11.1 Å². The van der Waals surface area contributed by atoms with Crippen molar-refractivity contribution in [1.29, 1.82) is 0 Å². The lowest BCUT2D eigenvalue weighted by molar-refractivity contribution is 0.473. The summed E-state index contributed by atoms with van der Waals surface area (Å²) in [4.78, 5) is 0. The van der Waals surface area contributed by atoms with E-state index in [0.29, 0.717) is 5.75 Å². The molecule has 94 valence electrons. The van der Waals surface area contributed by atoms with Gasteiger partial charge in [-0.1, -0.05) is 18.2 Å². The van der Waals surface area contributed by atoms with Crippen LogP contribution in [-0.4, -0.2) is 7.05 Å². The molecule has 0 spiro atoms. The second-order valence-corrected chi connectivity index (χ2v) is 4.19. The third-order valence-corrected chi connectivity index (χ3v) is 2.64. The average molecular weight is 245 g/mol. The van der Waals surface area contributed by atoms with Gasteiger partial charge in [0, 0.05) is 12.6 Å². The molecule has 2 nitrogen and oxygen atoms in total. The highest BCUT2D eigenvalue weighted by Crippen LogP contribution is 2.26. The molecule has 0 aliphatic rings. The number of halogens is 1. The maximum atomic E-state index is 13.0. The van der Waals surface area contributed by atoms with Crippen molar-refractivity contribution in [2.24, 2.45) is 0 Å². The molecule has 0 aliphatic carbocycles. The Bertz CT molecular complexity index is 540. The van der Waals surface area contributed by atoms with Crippen molar-refractivity contribution in [2.45, 2.75) is 13.5 Å². The molecule has 3 heteroatoms. The molecule has 2 aromatic carbocycles. The van der Waals surface area contributed by atoms with Crippen LogP contribution >= 0.6 is 0 Å². The molecule has 0 heterocycles. The zero-order chi connectivity index (χ0) is 13.0. The third-order valence-electron chi connectivity index (χ3n) is 2.64. The van der Waals surface area contributed by atoms with Gasteiger partial charge in [-0.3, -0.25) is 0 Å². The lowest BCUT2D eigenvalue weighted by Gasteiger charge is -2.10. The van der Waals surface area contributed by atoms with Gasteiger partial charge in [0.2, 0.25) is 0 Å². The highest BCUT2D eigenvalue weighted by Gasteiger charge is 2.03. The molecular formula is C15H16FNO. The Kier molecular flexibility index (Phi) is 3.95. The predicted octanol–water partition coefficient (Wildman–Crippen LogP) is 3.65. The number of hydrogen-bond donors (Lipinski definition) is 1. The number of ether oxygens (including phenoxy) is 1. The van der Waals surface area contributed by atoms with Crippen LogP contribution in [-0.2, 0) is 6.54 Å². The predicted molar refractivity (Wildman–Crippen MR) is 70.4 cm³/mol. The topological polar surface area (TPSA) is 21.3 Å². The Labute approximate surface area is 106 Å². The van der Waals surface area contributed by atoms with Crippen molar-refractivity contribution in [3.05, 3.63) is 59.4 Å². The minimum Gasteiger partial charge on any atom is -0.457 e. The molecule has 0 amide bonds. The van der Waals surface area contributed by atoms with E-state index in [1.807, 2.05) is 26.1 Å². The van der Waals surface area contributed by atoms with Gasteiger partial charge in [-0.05, 0) is 43.3 Å². The van der Waals surface area contributed by atoms with Crippen molar-refractivity contribution >= 4 is 0 Å². The second kappa shape index (κ2) is 5.65. The highest BCUT2D eigenvalue weighted by molar-refractivity contribution is 5.39. The van der Waals surface area contributed by atoms with Crippen LogP contribution in [0.15, 0.2) is 42.5 Å². The van der Waals surface area contributed by atoms with Crippen LogP contribution in [0.2, 0.25) is 0 Å². The summed E-state index contributed by atoms with van der Waals surface area (Å²) >= 11 is 0. The Hall–Kier alpha value is -1.87. The van der Waals surface area contributed by atoms with E-state index in [-0.39, 0.29) is 5.82 Å². The van der Waals surface area contributed by atoms with Gasteiger partial charge in [-0.2, -0.15) is 0 Å². The van der Waals surface area contributed by atoms with Crippen molar-refractivity contribution in [3.63, 3.8) is 0 Å². The third kappa shape index (κ3) is 3.08. The largest absolute Gasteiger partial charge is 0.457 e. The van der Waals surface area contributed by atoms with E-state index >= 15 is 0 Å². The fraction of sp³-hybridized carbons (Fsp3) is 0.200. The Morgan fingerprint density at radius 3 is 2.67 bits per heavy atom. The first-order valence-corrected chi connectivity index (χ1v) is 5.86. The van der Waals surface area contributed by atoms with E-state index < -0.39 is 0 Å². The number of rotatable bonds is 4. The molecule has 0 bridgehead atoms. The zero-order valence-electron chi connectivity index (χ0n) is 10.5. The Morgan fingerprint density at radius 1 is 1.17 bits per heavy atom. The minimum atomic E-state index is -0.294. The van der Waals surface area contributed by atoms with Gasteiger partial charge in [0.05, 0.1) is 0 Å². The lowest BCUT2D eigenvalue weighted by atomic mass is 10.1. The smallest absolute Gasteiger partial charge is 0.130 e. The van der Waals surface area contributed by atoms with Crippen LogP contribution in [0.5, 0.6) is 11.5 Å². The first-order valence-electron chi connectivity index (χ1n) is 5.86. The van der Waals surface area contributed by atoms with Crippen LogP contribution in [0.25, 0.3) is 0 Å².